The van der Waals surface area contributed by atoms with Gasteiger partial charge in [-0.3, -0.25) is 10.1 Å². The molecule has 2 N–H and O–H groups in total. The van der Waals surface area contributed by atoms with E-state index in [1.165, 1.54) is 24.3 Å². The van der Waals surface area contributed by atoms with Gasteiger partial charge in [0.15, 0.2) is 5.13 Å². The largest absolute Gasteiger partial charge is 0.462 e. The first-order valence-electron chi connectivity index (χ1n) is 10.2. The fraction of sp³-hybridized carbons (Fsp3) is 0.261. The molecule has 0 aliphatic rings. The Labute approximate surface area is 197 Å². The minimum atomic E-state index is -3.71. The molecule has 0 aliphatic heterocycles. The Balaban J connectivity index is 1.84. The normalized spacial score (nSPS) is 11.8. The summed E-state index contributed by atoms with van der Waals surface area (Å²) >= 11 is 1.02. The number of amides is 1. The van der Waals surface area contributed by atoms with Crippen LogP contribution in [-0.4, -0.2) is 37.4 Å². The summed E-state index contributed by atoms with van der Waals surface area (Å²) < 4.78 is 32.6. The second-order valence-corrected chi connectivity index (χ2v) is 10.8. The van der Waals surface area contributed by atoms with Crippen molar-refractivity contribution >= 4 is 38.4 Å². The van der Waals surface area contributed by atoms with Gasteiger partial charge in [-0.2, -0.15) is 0 Å². The van der Waals surface area contributed by atoms with E-state index in [9.17, 15) is 18.0 Å². The van der Waals surface area contributed by atoms with E-state index in [1.54, 1.807) is 27.7 Å². The van der Waals surface area contributed by atoms with Gasteiger partial charge < -0.3 is 4.74 Å². The average molecular weight is 488 g/mol. The number of anilines is 1. The van der Waals surface area contributed by atoms with Crippen LogP contribution in [0.15, 0.2) is 59.5 Å². The van der Waals surface area contributed by atoms with Crippen LogP contribution in [0.5, 0.6) is 0 Å². The molecule has 8 nitrogen and oxygen atoms in total. The molecule has 1 amide bonds. The number of nitrogens with zero attached hydrogens (tertiary/aromatic N) is 1. The van der Waals surface area contributed by atoms with E-state index in [2.05, 4.69) is 15.0 Å². The molecule has 0 unspecified atom stereocenters. The molecule has 1 heterocycles. The highest BCUT2D eigenvalue weighted by atomic mass is 32.2. The van der Waals surface area contributed by atoms with Gasteiger partial charge in [-0.05, 0) is 52.0 Å². The predicted molar refractivity (Wildman–Crippen MR) is 128 cm³/mol. The molecular weight excluding hydrogens is 462 g/mol. The van der Waals surface area contributed by atoms with Gasteiger partial charge in [0.2, 0.25) is 10.0 Å². The van der Waals surface area contributed by atoms with Crippen molar-refractivity contribution in [1.29, 1.82) is 0 Å². The molecule has 10 heteroatoms. The van der Waals surface area contributed by atoms with Crippen molar-refractivity contribution in [2.24, 2.45) is 0 Å². The quantitative estimate of drug-likeness (QED) is 0.480. The van der Waals surface area contributed by atoms with E-state index < -0.39 is 27.4 Å². The van der Waals surface area contributed by atoms with Crippen LogP contribution in [0, 0.1) is 0 Å². The standard InChI is InChI=1S/C23H25N3O5S2/c1-5-31-21(28)19-18(15-9-7-6-8-10-15)24-22(32-19)25-20(27)16-11-13-17(14-12-16)33(29,30)26-23(2,3)4/h6-14,26H,5H2,1-4H3,(H,24,25,27). The number of nitrogens with one attached hydrogen (secondary N) is 2. The zero-order valence-electron chi connectivity index (χ0n) is 18.7. The second kappa shape index (κ2) is 9.82. The van der Waals surface area contributed by atoms with Gasteiger partial charge in [0.05, 0.1) is 17.2 Å². The summed E-state index contributed by atoms with van der Waals surface area (Å²) in [6.07, 6.45) is 0. The minimum Gasteiger partial charge on any atom is -0.462 e. The van der Waals surface area contributed by atoms with Gasteiger partial charge in [0.25, 0.3) is 5.91 Å². The number of rotatable bonds is 7. The predicted octanol–water partition coefficient (Wildman–Crippen LogP) is 4.32. The third-order valence-electron chi connectivity index (χ3n) is 4.22. The van der Waals surface area contributed by atoms with Crippen LogP contribution in [0.1, 0.15) is 47.7 Å². The average Bonchev–Trinajstić information content (AvgIpc) is 3.17. The van der Waals surface area contributed by atoms with E-state index in [1.807, 2.05) is 30.3 Å². The number of benzene rings is 2. The van der Waals surface area contributed by atoms with Crippen LogP contribution < -0.4 is 10.0 Å². The Morgan fingerprint density at radius 3 is 2.24 bits per heavy atom. The number of hydrogen-bond acceptors (Lipinski definition) is 7. The van der Waals surface area contributed by atoms with Crippen LogP contribution >= 0.6 is 11.3 Å². The number of esters is 1. The molecule has 0 bridgehead atoms. The van der Waals surface area contributed by atoms with Gasteiger partial charge in [0.1, 0.15) is 4.88 Å². The third-order valence-corrected chi connectivity index (χ3v) is 6.95. The van der Waals surface area contributed by atoms with Gasteiger partial charge in [-0.15, -0.1) is 0 Å². The molecule has 33 heavy (non-hydrogen) atoms. The van der Waals surface area contributed by atoms with Crippen molar-refractivity contribution in [2.75, 3.05) is 11.9 Å². The number of carbonyl (C=O) groups is 2. The lowest BCUT2D eigenvalue weighted by atomic mass is 10.1. The molecule has 0 fully saturated rings. The zero-order valence-corrected chi connectivity index (χ0v) is 20.3. The Kier molecular flexibility index (Phi) is 7.31. The summed E-state index contributed by atoms with van der Waals surface area (Å²) in [7, 11) is -3.71. The first-order valence-corrected chi connectivity index (χ1v) is 12.5. The van der Waals surface area contributed by atoms with Crippen molar-refractivity contribution in [3.05, 3.63) is 65.0 Å². The first kappa shape index (κ1) is 24.6. The Hall–Kier alpha value is -3.08. The first-order chi connectivity index (χ1) is 15.5. The molecule has 1 aromatic heterocycles. The van der Waals surface area contributed by atoms with Crippen molar-refractivity contribution in [2.45, 2.75) is 38.1 Å². The highest BCUT2D eigenvalue weighted by Gasteiger charge is 2.24. The molecular formula is C23H25N3O5S2. The number of hydrogen-bond donors (Lipinski definition) is 2. The molecule has 2 aromatic carbocycles. The van der Waals surface area contributed by atoms with Crippen LogP contribution in [0.3, 0.4) is 0 Å². The highest BCUT2D eigenvalue weighted by molar-refractivity contribution is 7.89. The van der Waals surface area contributed by atoms with Crippen molar-refractivity contribution in [1.82, 2.24) is 9.71 Å². The van der Waals surface area contributed by atoms with Crippen LogP contribution in [0.2, 0.25) is 0 Å². The molecule has 174 valence electrons. The number of thiazole rings is 1. The summed E-state index contributed by atoms with van der Waals surface area (Å²) in [6.45, 7) is 7.16. The van der Waals surface area contributed by atoms with Crippen LogP contribution in [0.25, 0.3) is 11.3 Å². The van der Waals surface area contributed by atoms with E-state index in [0.29, 0.717) is 5.69 Å². The maximum absolute atomic E-state index is 12.7. The van der Waals surface area contributed by atoms with E-state index in [4.69, 9.17) is 4.74 Å². The smallest absolute Gasteiger partial charge is 0.350 e. The Bertz CT molecular complexity index is 1250. The molecule has 3 rings (SSSR count). The minimum absolute atomic E-state index is 0.0548. The Morgan fingerprint density at radius 1 is 1.03 bits per heavy atom. The van der Waals surface area contributed by atoms with Crippen molar-refractivity contribution in [3.63, 3.8) is 0 Å². The van der Waals surface area contributed by atoms with Crippen molar-refractivity contribution < 1.29 is 22.7 Å². The van der Waals surface area contributed by atoms with E-state index >= 15 is 0 Å². The topological polar surface area (TPSA) is 114 Å². The summed E-state index contributed by atoms with van der Waals surface area (Å²) in [5.74, 6) is -0.998. The lowest BCUT2D eigenvalue weighted by Crippen LogP contribution is -2.40. The molecule has 0 aliphatic carbocycles. The molecule has 3 aromatic rings. The number of carbonyl (C=O) groups excluding carboxylic acids is 2. The van der Waals surface area contributed by atoms with E-state index in [-0.39, 0.29) is 27.1 Å². The maximum Gasteiger partial charge on any atom is 0.350 e. The maximum atomic E-state index is 12.7. The summed E-state index contributed by atoms with van der Waals surface area (Å²) in [5.41, 5.74) is 0.758. The number of ether oxygens (including phenoxy) is 1. The molecule has 0 saturated carbocycles. The van der Waals surface area contributed by atoms with Crippen molar-refractivity contribution in [3.8, 4) is 11.3 Å². The number of aromatic nitrogens is 1. The van der Waals surface area contributed by atoms with E-state index in [0.717, 1.165) is 16.9 Å². The number of sulfonamides is 1. The van der Waals surface area contributed by atoms with Crippen LogP contribution in [-0.2, 0) is 14.8 Å². The van der Waals surface area contributed by atoms with Gasteiger partial charge in [-0.1, -0.05) is 41.7 Å². The summed E-state index contributed by atoms with van der Waals surface area (Å²) in [5, 5.41) is 2.91. The second-order valence-electron chi connectivity index (χ2n) is 8.12. The third kappa shape index (κ3) is 6.25. The molecule has 0 saturated heterocycles. The van der Waals surface area contributed by atoms with Crippen LogP contribution in [0.4, 0.5) is 5.13 Å². The fourth-order valence-corrected chi connectivity index (χ4v) is 5.21. The summed E-state index contributed by atoms with van der Waals surface area (Å²) in [6, 6.07) is 14.7. The monoisotopic (exact) mass is 487 g/mol. The molecule has 0 spiro atoms. The fourth-order valence-electron chi connectivity index (χ4n) is 2.92. The zero-order chi connectivity index (χ0) is 24.2. The van der Waals surface area contributed by atoms with Gasteiger partial charge >= 0.3 is 5.97 Å². The van der Waals surface area contributed by atoms with Gasteiger partial charge in [-0.25, -0.2) is 22.9 Å². The molecule has 0 atom stereocenters. The lowest BCUT2D eigenvalue weighted by molar-refractivity contribution is 0.0532. The molecule has 0 radical (unpaired) electrons. The Morgan fingerprint density at radius 2 is 1.67 bits per heavy atom. The summed E-state index contributed by atoms with van der Waals surface area (Å²) in [4.78, 5) is 29.9. The van der Waals surface area contributed by atoms with Gasteiger partial charge in [0, 0.05) is 16.7 Å². The highest BCUT2D eigenvalue weighted by Crippen LogP contribution is 2.32. The lowest BCUT2D eigenvalue weighted by Gasteiger charge is -2.20. The SMILES string of the molecule is CCOC(=O)c1sc(NC(=O)c2ccc(S(=O)(=O)NC(C)(C)C)cc2)nc1-c1ccccc1.